The minimum absolute atomic E-state index is 0.182. The predicted octanol–water partition coefficient (Wildman–Crippen LogP) is 1.49. The van der Waals surface area contributed by atoms with Crippen molar-refractivity contribution < 1.29 is 4.79 Å². The second-order valence-electron chi connectivity index (χ2n) is 5.56. The number of amides is 1. The number of nitrogens with two attached hydrogens (primary N) is 1. The van der Waals surface area contributed by atoms with Crippen LogP contribution in [0.5, 0.6) is 0 Å². The number of unbranched alkanes of at least 4 members (excludes halogenated alkanes) is 1. The summed E-state index contributed by atoms with van der Waals surface area (Å²) < 4.78 is 0. The maximum atomic E-state index is 11.8. The van der Waals surface area contributed by atoms with Gasteiger partial charge < -0.3 is 16.0 Å². The van der Waals surface area contributed by atoms with Crippen LogP contribution in [0.15, 0.2) is 0 Å². The molecule has 1 rings (SSSR count). The van der Waals surface area contributed by atoms with Crippen molar-refractivity contribution in [2.75, 3.05) is 20.1 Å². The molecule has 1 aliphatic carbocycles. The van der Waals surface area contributed by atoms with E-state index >= 15 is 0 Å². The van der Waals surface area contributed by atoms with Crippen molar-refractivity contribution in [3.63, 3.8) is 0 Å². The topological polar surface area (TPSA) is 58.4 Å². The van der Waals surface area contributed by atoms with Crippen LogP contribution < -0.4 is 11.1 Å². The fraction of sp³-hybridized carbons (Fsp3) is 0.929. The lowest BCUT2D eigenvalue weighted by Gasteiger charge is -2.42. The Morgan fingerprint density at radius 2 is 2.22 bits per heavy atom. The SMILES string of the molecule is CCCCN(C)C1CCCC(NCC)(C(N)=O)C1. The zero-order valence-corrected chi connectivity index (χ0v) is 12.2. The fourth-order valence-corrected chi connectivity index (χ4v) is 3.02. The lowest BCUT2D eigenvalue weighted by molar-refractivity contribution is -0.126. The number of nitrogens with one attached hydrogen (secondary N) is 1. The lowest BCUT2D eigenvalue weighted by Crippen LogP contribution is -2.60. The third-order valence-electron chi connectivity index (χ3n) is 4.20. The molecule has 0 aliphatic heterocycles. The van der Waals surface area contributed by atoms with Gasteiger partial charge in [0.25, 0.3) is 0 Å². The van der Waals surface area contributed by atoms with E-state index in [9.17, 15) is 4.79 Å². The van der Waals surface area contributed by atoms with Crippen molar-refractivity contribution in [3.05, 3.63) is 0 Å². The second kappa shape index (κ2) is 7.10. The predicted molar refractivity (Wildman–Crippen MR) is 75.4 cm³/mol. The summed E-state index contributed by atoms with van der Waals surface area (Å²) in [7, 11) is 2.17. The summed E-state index contributed by atoms with van der Waals surface area (Å²) in [6, 6.07) is 0.483. The van der Waals surface area contributed by atoms with Gasteiger partial charge in [-0.15, -0.1) is 0 Å². The number of carbonyl (C=O) groups excluding carboxylic acids is 1. The first kappa shape index (κ1) is 15.4. The molecule has 4 heteroatoms. The molecule has 106 valence electrons. The van der Waals surface area contributed by atoms with E-state index in [4.69, 9.17) is 5.73 Å². The number of primary amides is 1. The molecular weight excluding hydrogens is 226 g/mol. The van der Waals surface area contributed by atoms with Crippen LogP contribution in [0, 0.1) is 0 Å². The van der Waals surface area contributed by atoms with Crippen molar-refractivity contribution in [2.45, 2.75) is 64.0 Å². The molecule has 2 atom stereocenters. The van der Waals surface area contributed by atoms with Crippen molar-refractivity contribution in [1.82, 2.24) is 10.2 Å². The van der Waals surface area contributed by atoms with Gasteiger partial charge in [-0.05, 0) is 52.2 Å². The van der Waals surface area contributed by atoms with Gasteiger partial charge in [-0.3, -0.25) is 4.79 Å². The van der Waals surface area contributed by atoms with Crippen LogP contribution in [0.1, 0.15) is 52.4 Å². The summed E-state index contributed by atoms with van der Waals surface area (Å²) in [5, 5.41) is 3.34. The molecule has 0 radical (unpaired) electrons. The molecule has 3 N–H and O–H groups in total. The Morgan fingerprint density at radius 3 is 2.78 bits per heavy atom. The molecule has 2 unspecified atom stereocenters. The maximum Gasteiger partial charge on any atom is 0.237 e. The molecule has 0 bridgehead atoms. The minimum Gasteiger partial charge on any atom is -0.368 e. The molecule has 0 aromatic carbocycles. The Morgan fingerprint density at radius 1 is 1.50 bits per heavy atom. The summed E-state index contributed by atoms with van der Waals surface area (Å²) in [6.45, 7) is 6.16. The Bertz CT molecular complexity index is 266. The first-order chi connectivity index (χ1) is 8.55. The van der Waals surface area contributed by atoms with E-state index in [1.165, 1.54) is 19.3 Å². The highest BCUT2D eigenvalue weighted by atomic mass is 16.1. The molecule has 1 aliphatic rings. The van der Waals surface area contributed by atoms with Gasteiger partial charge in [0.05, 0.1) is 5.54 Å². The fourth-order valence-electron chi connectivity index (χ4n) is 3.02. The van der Waals surface area contributed by atoms with Gasteiger partial charge in [0, 0.05) is 6.04 Å². The third-order valence-corrected chi connectivity index (χ3v) is 4.20. The van der Waals surface area contributed by atoms with Crippen LogP contribution in [-0.2, 0) is 4.79 Å². The van der Waals surface area contributed by atoms with Gasteiger partial charge in [0.2, 0.25) is 5.91 Å². The normalized spacial score (nSPS) is 28.6. The highest BCUT2D eigenvalue weighted by Crippen LogP contribution is 2.30. The summed E-state index contributed by atoms with van der Waals surface area (Å²) in [6.07, 6.45) is 6.44. The summed E-state index contributed by atoms with van der Waals surface area (Å²) in [5.74, 6) is -0.182. The van der Waals surface area contributed by atoms with E-state index in [1.807, 2.05) is 6.92 Å². The van der Waals surface area contributed by atoms with E-state index in [-0.39, 0.29) is 5.91 Å². The highest BCUT2D eigenvalue weighted by Gasteiger charge is 2.41. The van der Waals surface area contributed by atoms with Crippen LogP contribution in [0.3, 0.4) is 0 Å². The Balaban J connectivity index is 2.65. The molecule has 18 heavy (non-hydrogen) atoms. The number of hydrogen-bond acceptors (Lipinski definition) is 3. The molecule has 0 aromatic heterocycles. The average molecular weight is 255 g/mol. The van der Waals surface area contributed by atoms with Crippen LogP contribution in [-0.4, -0.2) is 42.5 Å². The molecule has 0 aromatic rings. The summed E-state index contributed by atoms with van der Waals surface area (Å²) in [5.41, 5.74) is 5.16. The standard InChI is InChI=1S/C14H29N3O/c1-4-6-10-17(3)12-8-7-9-14(11-12,13(15)18)16-5-2/h12,16H,4-11H2,1-3H3,(H2,15,18). The number of rotatable bonds is 7. The second-order valence-corrected chi connectivity index (χ2v) is 5.56. The minimum atomic E-state index is -0.474. The third kappa shape index (κ3) is 3.69. The smallest absolute Gasteiger partial charge is 0.237 e. The van der Waals surface area contributed by atoms with Gasteiger partial charge in [-0.2, -0.15) is 0 Å². The molecule has 1 saturated carbocycles. The molecule has 0 spiro atoms. The maximum absolute atomic E-state index is 11.8. The van der Waals surface area contributed by atoms with Crippen LogP contribution in [0.2, 0.25) is 0 Å². The van der Waals surface area contributed by atoms with E-state index in [2.05, 4.69) is 24.2 Å². The van der Waals surface area contributed by atoms with Crippen molar-refractivity contribution in [3.8, 4) is 0 Å². The van der Waals surface area contributed by atoms with Crippen molar-refractivity contribution in [1.29, 1.82) is 0 Å². The summed E-state index contributed by atoms with van der Waals surface area (Å²) in [4.78, 5) is 14.2. The molecule has 0 saturated heterocycles. The van der Waals surface area contributed by atoms with Crippen LogP contribution in [0.25, 0.3) is 0 Å². The zero-order valence-electron chi connectivity index (χ0n) is 12.2. The molecule has 0 heterocycles. The summed E-state index contributed by atoms with van der Waals surface area (Å²) >= 11 is 0. The highest BCUT2D eigenvalue weighted by molar-refractivity contribution is 5.84. The Labute approximate surface area is 111 Å². The number of hydrogen-bond donors (Lipinski definition) is 2. The molecular formula is C14H29N3O. The van der Waals surface area contributed by atoms with E-state index in [0.717, 1.165) is 32.4 Å². The van der Waals surface area contributed by atoms with E-state index < -0.39 is 5.54 Å². The van der Waals surface area contributed by atoms with Gasteiger partial charge in [-0.1, -0.05) is 20.3 Å². The first-order valence-electron chi connectivity index (χ1n) is 7.31. The molecule has 1 amide bonds. The zero-order chi connectivity index (χ0) is 13.6. The monoisotopic (exact) mass is 255 g/mol. The Kier molecular flexibility index (Phi) is 6.09. The Hall–Kier alpha value is -0.610. The first-order valence-corrected chi connectivity index (χ1v) is 7.31. The van der Waals surface area contributed by atoms with Crippen LogP contribution >= 0.6 is 0 Å². The van der Waals surface area contributed by atoms with Gasteiger partial charge in [0.15, 0.2) is 0 Å². The van der Waals surface area contributed by atoms with Crippen molar-refractivity contribution >= 4 is 5.91 Å². The van der Waals surface area contributed by atoms with Crippen molar-refractivity contribution in [2.24, 2.45) is 5.73 Å². The van der Waals surface area contributed by atoms with Gasteiger partial charge >= 0.3 is 0 Å². The van der Waals surface area contributed by atoms with Gasteiger partial charge in [0.1, 0.15) is 0 Å². The number of likely N-dealkylation sites (N-methyl/N-ethyl adjacent to an activating group) is 1. The molecule has 4 nitrogen and oxygen atoms in total. The largest absolute Gasteiger partial charge is 0.368 e. The molecule has 1 fully saturated rings. The quantitative estimate of drug-likeness (QED) is 0.725. The average Bonchev–Trinajstić information content (AvgIpc) is 2.36. The number of carbonyl (C=O) groups is 1. The van der Waals surface area contributed by atoms with Crippen LogP contribution in [0.4, 0.5) is 0 Å². The number of nitrogens with zero attached hydrogens (tertiary/aromatic N) is 1. The van der Waals surface area contributed by atoms with E-state index in [1.54, 1.807) is 0 Å². The van der Waals surface area contributed by atoms with E-state index in [0.29, 0.717) is 6.04 Å². The lowest BCUT2D eigenvalue weighted by atomic mass is 9.77. The van der Waals surface area contributed by atoms with Gasteiger partial charge in [-0.25, -0.2) is 0 Å².